The van der Waals surface area contributed by atoms with Crippen LogP contribution in [0.5, 0.6) is 0 Å². The number of aromatic nitrogens is 2. The Labute approximate surface area is 163 Å². The van der Waals surface area contributed by atoms with Crippen LogP contribution >= 0.6 is 0 Å². The summed E-state index contributed by atoms with van der Waals surface area (Å²) in [6, 6.07) is 10.0. The van der Waals surface area contributed by atoms with Gasteiger partial charge in [-0.05, 0) is 50.2 Å². The van der Waals surface area contributed by atoms with E-state index in [2.05, 4.69) is 32.9 Å². The number of guanidine groups is 1. The van der Waals surface area contributed by atoms with E-state index in [-0.39, 0.29) is 0 Å². The second-order valence-electron chi connectivity index (χ2n) is 6.50. The van der Waals surface area contributed by atoms with Crippen molar-refractivity contribution in [3.63, 3.8) is 0 Å². The number of nitrogens with zero attached hydrogens (tertiary/aromatic N) is 4. The van der Waals surface area contributed by atoms with E-state index in [1.54, 1.807) is 17.9 Å². The molecule has 0 saturated carbocycles. The minimum absolute atomic E-state index is 0.367. The molecule has 1 aromatic carbocycles. The largest absolute Gasteiger partial charge is 0.401 e. The molecule has 28 heavy (non-hydrogen) atoms. The maximum absolute atomic E-state index is 12.3. The number of halogens is 3. The minimum Gasteiger partial charge on any atom is -0.356 e. The average Bonchev–Trinajstić information content (AvgIpc) is 3.17. The van der Waals surface area contributed by atoms with Crippen molar-refractivity contribution in [1.82, 2.24) is 25.3 Å². The molecule has 2 N–H and O–H groups in total. The lowest BCUT2D eigenvalue weighted by Crippen LogP contribution is -2.40. The molecule has 6 nitrogen and oxygen atoms in total. The van der Waals surface area contributed by atoms with E-state index in [9.17, 15) is 13.2 Å². The van der Waals surface area contributed by atoms with E-state index < -0.39 is 12.7 Å². The van der Waals surface area contributed by atoms with Gasteiger partial charge in [-0.2, -0.15) is 18.3 Å². The number of aliphatic imine (C=N–C) groups is 1. The van der Waals surface area contributed by atoms with E-state index in [4.69, 9.17) is 0 Å². The van der Waals surface area contributed by atoms with Gasteiger partial charge in [0.2, 0.25) is 0 Å². The molecule has 2 aromatic rings. The second kappa shape index (κ2) is 10.7. The van der Waals surface area contributed by atoms with E-state index in [1.807, 2.05) is 24.4 Å². The summed E-state index contributed by atoms with van der Waals surface area (Å²) in [5.41, 5.74) is 2.20. The molecule has 2 rings (SSSR count). The first-order chi connectivity index (χ1) is 13.4. The Bertz CT molecular complexity index is 710. The highest BCUT2D eigenvalue weighted by Crippen LogP contribution is 2.15. The summed E-state index contributed by atoms with van der Waals surface area (Å²) >= 11 is 0. The summed E-state index contributed by atoms with van der Waals surface area (Å²) in [4.78, 5) is 5.40. The van der Waals surface area contributed by atoms with Crippen molar-refractivity contribution in [3.05, 3.63) is 48.3 Å². The Morgan fingerprint density at radius 1 is 1.18 bits per heavy atom. The van der Waals surface area contributed by atoms with Crippen molar-refractivity contribution in [2.45, 2.75) is 19.0 Å². The fourth-order valence-corrected chi connectivity index (χ4v) is 2.72. The quantitative estimate of drug-likeness (QED) is 0.388. The highest BCUT2D eigenvalue weighted by atomic mass is 19.4. The van der Waals surface area contributed by atoms with Crippen LogP contribution in [0.3, 0.4) is 0 Å². The molecule has 0 atom stereocenters. The molecular weight excluding hydrogens is 369 g/mol. The summed E-state index contributed by atoms with van der Waals surface area (Å²) in [5.74, 6) is 0.645. The van der Waals surface area contributed by atoms with E-state index in [0.29, 0.717) is 32.0 Å². The highest BCUT2D eigenvalue weighted by molar-refractivity contribution is 5.79. The molecule has 0 unspecified atom stereocenters. The van der Waals surface area contributed by atoms with Gasteiger partial charge in [0.15, 0.2) is 5.96 Å². The Hall–Kier alpha value is -2.55. The van der Waals surface area contributed by atoms with Crippen molar-refractivity contribution >= 4 is 5.96 Å². The SMILES string of the molecule is CN=C(NCCCN(C)CC(F)(F)F)NCCc1ccc(-n2cccn2)cc1. The van der Waals surface area contributed by atoms with Crippen LogP contribution in [0.15, 0.2) is 47.7 Å². The Morgan fingerprint density at radius 2 is 1.89 bits per heavy atom. The van der Waals surface area contributed by atoms with Gasteiger partial charge in [-0.25, -0.2) is 4.68 Å². The summed E-state index contributed by atoms with van der Waals surface area (Å²) in [6.07, 6.45) is 0.908. The van der Waals surface area contributed by atoms with Gasteiger partial charge in [0.05, 0.1) is 12.2 Å². The van der Waals surface area contributed by atoms with Crippen LogP contribution in [0.1, 0.15) is 12.0 Å². The monoisotopic (exact) mass is 396 g/mol. The van der Waals surface area contributed by atoms with Crippen molar-refractivity contribution in [2.75, 3.05) is 40.3 Å². The summed E-state index contributed by atoms with van der Waals surface area (Å²) in [6.45, 7) is 0.737. The smallest absolute Gasteiger partial charge is 0.356 e. The molecule has 9 heteroatoms. The van der Waals surface area contributed by atoms with Gasteiger partial charge in [0.25, 0.3) is 0 Å². The van der Waals surface area contributed by atoms with Gasteiger partial charge < -0.3 is 10.6 Å². The molecular formula is C19H27F3N6. The molecule has 0 radical (unpaired) electrons. The van der Waals surface area contributed by atoms with Crippen LogP contribution in [0.25, 0.3) is 5.69 Å². The van der Waals surface area contributed by atoms with Crippen LogP contribution < -0.4 is 10.6 Å². The third kappa shape index (κ3) is 7.99. The molecule has 0 aliphatic heterocycles. The van der Waals surface area contributed by atoms with Crippen molar-refractivity contribution < 1.29 is 13.2 Å². The fourth-order valence-electron chi connectivity index (χ4n) is 2.72. The lowest BCUT2D eigenvalue weighted by molar-refractivity contribution is -0.143. The Balaban J connectivity index is 1.64. The molecule has 0 aliphatic carbocycles. The Kier molecular flexibility index (Phi) is 8.31. The number of rotatable bonds is 9. The van der Waals surface area contributed by atoms with Gasteiger partial charge in [0.1, 0.15) is 0 Å². The first-order valence-electron chi connectivity index (χ1n) is 9.16. The third-order valence-corrected chi connectivity index (χ3v) is 4.09. The van der Waals surface area contributed by atoms with Gasteiger partial charge in [0, 0.05) is 32.5 Å². The van der Waals surface area contributed by atoms with Gasteiger partial charge in [-0.1, -0.05) is 12.1 Å². The maximum Gasteiger partial charge on any atom is 0.401 e. The van der Waals surface area contributed by atoms with Gasteiger partial charge in [-0.3, -0.25) is 9.89 Å². The summed E-state index contributed by atoms with van der Waals surface area (Å²) in [7, 11) is 3.14. The van der Waals surface area contributed by atoms with Crippen molar-refractivity contribution in [3.8, 4) is 5.69 Å². The molecule has 154 valence electrons. The fraction of sp³-hybridized carbons (Fsp3) is 0.474. The third-order valence-electron chi connectivity index (χ3n) is 4.09. The van der Waals surface area contributed by atoms with Crippen LogP contribution in [0.2, 0.25) is 0 Å². The van der Waals surface area contributed by atoms with E-state index in [1.165, 1.54) is 17.5 Å². The van der Waals surface area contributed by atoms with E-state index in [0.717, 1.165) is 12.1 Å². The standard InChI is InChI=1S/C19H27F3N6/c1-23-18(24-10-3-13-27(2)15-19(20,21)22)25-12-9-16-5-7-17(8-6-16)28-14-4-11-26-28/h4-8,11,14H,3,9-10,12-13,15H2,1-2H3,(H2,23,24,25). The predicted molar refractivity (Wildman–Crippen MR) is 105 cm³/mol. The van der Waals surface area contributed by atoms with Crippen LogP contribution in [-0.2, 0) is 6.42 Å². The van der Waals surface area contributed by atoms with Crippen molar-refractivity contribution in [1.29, 1.82) is 0 Å². The first kappa shape index (κ1) is 21.7. The number of hydrogen-bond acceptors (Lipinski definition) is 3. The topological polar surface area (TPSA) is 57.5 Å². The lowest BCUT2D eigenvalue weighted by Gasteiger charge is -2.19. The average molecular weight is 396 g/mol. The second-order valence-corrected chi connectivity index (χ2v) is 6.50. The van der Waals surface area contributed by atoms with Crippen LogP contribution in [0.4, 0.5) is 13.2 Å². The summed E-state index contributed by atoms with van der Waals surface area (Å²) in [5, 5.41) is 10.5. The number of alkyl halides is 3. The molecule has 0 fully saturated rings. The zero-order valence-corrected chi connectivity index (χ0v) is 16.2. The number of hydrogen-bond donors (Lipinski definition) is 2. The number of nitrogens with one attached hydrogen (secondary N) is 2. The van der Waals surface area contributed by atoms with Crippen LogP contribution in [-0.4, -0.2) is 67.1 Å². The zero-order chi connectivity index (χ0) is 20.4. The van der Waals surface area contributed by atoms with E-state index >= 15 is 0 Å². The lowest BCUT2D eigenvalue weighted by atomic mass is 10.1. The molecule has 1 aromatic heterocycles. The summed E-state index contributed by atoms with van der Waals surface area (Å²) < 4.78 is 38.6. The maximum atomic E-state index is 12.3. The molecule has 0 amide bonds. The van der Waals surface area contributed by atoms with Gasteiger partial charge >= 0.3 is 6.18 Å². The Morgan fingerprint density at radius 3 is 2.50 bits per heavy atom. The number of benzene rings is 1. The normalized spacial score (nSPS) is 12.4. The van der Waals surface area contributed by atoms with Crippen molar-refractivity contribution in [2.24, 2.45) is 4.99 Å². The van der Waals surface area contributed by atoms with Gasteiger partial charge in [-0.15, -0.1) is 0 Å². The molecule has 0 saturated heterocycles. The first-order valence-corrected chi connectivity index (χ1v) is 9.16. The van der Waals surface area contributed by atoms with Crippen LogP contribution in [0, 0.1) is 0 Å². The molecule has 0 bridgehead atoms. The highest BCUT2D eigenvalue weighted by Gasteiger charge is 2.28. The predicted octanol–water partition coefficient (Wildman–Crippen LogP) is 2.46. The zero-order valence-electron chi connectivity index (χ0n) is 16.2. The minimum atomic E-state index is -4.16. The molecule has 0 spiro atoms. The molecule has 0 aliphatic rings. The molecule has 1 heterocycles.